The third-order valence-corrected chi connectivity index (χ3v) is 3.36. The van der Waals surface area contributed by atoms with Crippen LogP contribution < -0.4 is 5.32 Å². The molecule has 2 rings (SSSR count). The van der Waals surface area contributed by atoms with Crippen molar-refractivity contribution in [2.75, 3.05) is 26.7 Å². The molecule has 0 amide bonds. The summed E-state index contributed by atoms with van der Waals surface area (Å²) < 4.78 is 0. The van der Waals surface area contributed by atoms with Gasteiger partial charge in [-0.3, -0.25) is 0 Å². The van der Waals surface area contributed by atoms with E-state index in [0.717, 1.165) is 17.5 Å². The van der Waals surface area contributed by atoms with Crippen molar-refractivity contribution in [1.29, 1.82) is 0 Å². The molecular formula is C13H19ClN2. The summed E-state index contributed by atoms with van der Waals surface area (Å²) in [6, 6.07) is 8.11. The Labute approximate surface area is 103 Å². The van der Waals surface area contributed by atoms with Crippen LogP contribution in [0.15, 0.2) is 24.3 Å². The molecule has 0 saturated carbocycles. The lowest BCUT2D eigenvalue weighted by atomic mass is 9.99. The molecule has 1 fully saturated rings. The molecule has 1 N–H and O–H groups in total. The minimum absolute atomic E-state index is 0.828. The normalized spacial score (nSPS) is 16.4. The summed E-state index contributed by atoms with van der Waals surface area (Å²) in [4.78, 5) is 2.37. The van der Waals surface area contributed by atoms with Crippen LogP contribution in [0.2, 0.25) is 5.02 Å². The molecule has 1 saturated heterocycles. The Kier molecular flexibility index (Phi) is 4.22. The number of nitrogens with zero attached hydrogens (tertiary/aromatic N) is 1. The fourth-order valence-corrected chi connectivity index (χ4v) is 2.19. The van der Waals surface area contributed by atoms with Gasteiger partial charge >= 0.3 is 0 Å². The van der Waals surface area contributed by atoms with Gasteiger partial charge in [-0.15, -0.1) is 0 Å². The van der Waals surface area contributed by atoms with Crippen LogP contribution in [0.5, 0.6) is 0 Å². The van der Waals surface area contributed by atoms with Crippen LogP contribution in [-0.4, -0.2) is 31.6 Å². The smallest absolute Gasteiger partial charge is 0.0409 e. The highest BCUT2D eigenvalue weighted by Crippen LogP contribution is 2.13. The van der Waals surface area contributed by atoms with Gasteiger partial charge in [-0.05, 0) is 56.7 Å². The van der Waals surface area contributed by atoms with Crippen LogP contribution in [0.1, 0.15) is 12.0 Å². The van der Waals surface area contributed by atoms with Crippen LogP contribution in [0.3, 0.4) is 0 Å². The van der Waals surface area contributed by atoms with E-state index < -0.39 is 0 Å². The molecule has 0 spiro atoms. The predicted molar refractivity (Wildman–Crippen MR) is 68.8 cm³/mol. The van der Waals surface area contributed by atoms with E-state index in [1.807, 2.05) is 18.2 Å². The van der Waals surface area contributed by atoms with Crippen molar-refractivity contribution >= 4 is 11.6 Å². The molecular weight excluding hydrogens is 220 g/mol. The standard InChI is InChI=1S/C13H19ClN2/c1-16(6-5-12-8-15-9-12)10-11-3-2-4-13(14)7-11/h2-4,7,12,15H,5-6,8-10H2,1H3. The minimum atomic E-state index is 0.828. The first kappa shape index (κ1) is 11.9. The van der Waals surface area contributed by atoms with Crippen molar-refractivity contribution in [2.45, 2.75) is 13.0 Å². The van der Waals surface area contributed by atoms with Crippen molar-refractivity contribution in [2.24, 2.45) is 5.92 Å². The monoisotopic (exact) mass is 238 g/mol. The average Bonchev–Trinajstić information content (AvgIpc) is 2.15. The van der Waals surface area contributed by atoms with E-state index in [1.54, 1.807) is 0 Å². The second kappa shape index (κ2) is 5.67. The number of rotatable bonds is 5. The van der Waals surface area contributed by atoms with Gasteiger partial charge < -0.3 is 10.2 Å². The Hall–Kier alpha value is -0.570. The molecule has 2 nitrogen and oxygen atoms in total. The lowest BCUT2D eigenvalue weighted by Crippen LogP contribution is -2.43. The van der Waals surface area contributed by atoms with E-state index in [1.165, 1.54) is 31.6 Å². The average molecular weight is 239 g/mol. The van der Waals surface area contributed by atoms with E-state index >= 15 is 0 Å². The van der Waals surface area contributed by atoms with Gasteiger partial charge in [0.2, 0.25) is 0 Å². The van der Waals surface area contributed by atoms with Gasteiger partial charge in [-0.2, -0.15) is 0 Å². The number of benzene rings is 1. The van der Waals surface area contributed by atoms with Crippen LogP contribution in [0, 0.1) is 5.92 Å². The Morgan fingerprint density at radius 1 is 1.44 bits per heavy atom. The highest BCUT2D eigenvalue weighted by atomic mass is 35.5. The number of halogens is 1. The van der Waals surface area contributed by atoms with Gasteiger partial charge in [0.05, 0.1) is 0 Å². The Morgan fingerprint density at radius 3 is 2.88 bits per heavy atom. The highest BCUT2D eigenvalue weighted by molar-refractivity contribution is 6.30. The molecule has 1 heterocycles. The lowest BCUT2D eigenvalue weighted by Gasteiger charge is -2.29. The zero-order valence-electron chi connectivity index (χ0n) is 9.75. The number of hydrogen-bond donors (Lipinski definition) is 1. The van der Waals surface area contributed by atoms with Gasteiger partial charge in [-0.1, -0.05) is 23.7 Å². The maximum Gasteiger partial charge on any atom is 0.0409 e. The van der Waals surface area contributed by atoms with Gasteiger partial charge in [0.15, 0.2) is 0 Å². The van der Waals surface area contributed by atoms with Crippen molar-refractivity contribution in [3.05, 3.63) is 34.9 Å². The van der Waals surface area contributed by atoms with Crippen molar-refractivity contribution in [1.82, 2.24) is 10.2 Å². The summed E-state index contributed by atoms with van der Waals surface area (Å²) >= 11 is 5.96. The second-order valence-corrected chi connectivity index (χ2v) is 5.12. The number of hydrogen-bond acceptors (Lipinski definition) is 2. The Balaban J connectivity index is 1.75. The van der Waals surface area contributed by atoms with E-state index in [4.69, 9.17) is 11.6 Å². The molecule has 1 aliphatic heterocycles. The first-order chi connectivity index (χ1) is 7.74. The van der Waals surface area contributed by atoms with Crippen molar-refractivity contribution < 1.29 is 0 Å². The molecule has 16 heavy (non-hydrogen) atoms. The second-order valence-electron chi connectivity index (χ2n) is 4.68. The minimum Gasteiger partial charge on any atom is -0.316 e. The maximum absolute atomic E-state index is 5.96. The third-order valence-electron chi connectivity index (χ3n) is 3.13. The fourth-order valence-electron chi connectivity index (χ4n) is 1.98. The zero-order valence-corrected chi connectivity index (χ0v) is 10.5. The largest absolute Gasteiger partial charge is 0.316 e. The van der Waals surface area contributed by atoms with Crippen LogP contribution >= 0.6 is 11.6 Å². The van der Waals surface area contributed by atoms with Crippen LogP contribution in [0.25, 0.3) is 0 Å². The highest BCUT2D eigenvalue weighted by Gasteiger charge is 2.16. The molecule has 3 heteroatoms. The van der Waals surface area contributed by atoms with Crippen molar-refractivity contribution in [3.8, 4) is 0 Å². The van der Waals surface area contributed by atoms with Crippen LogP contribution in [-0.2, 0) is 6.54 Å². The van der Waals surface area contributed by atoms with E-state index in [-0.39, 0.29) is 0 Å². The fraction of sp³-hybridized carbons (Fsp3) is 0.538. The predicted octanol–water partition coefficient (Wildman–Crippen LogP) is 2.38. The number of nitrogens with one attached hydrogen (secondary N) is 1. The molecule has 1 aromatic carbocycles. The maximum atomic E-state index is 5.96. The summed E-state index contributed by atoms with van der Waals surface area (Å²) in [5.74, 6) is 0.891. The molecule has 1 aromatic rings. The van der Waals surface area contributed by atoms with E-state index in [0.29, 0.717) is 0 Å². The van der Waals surface area contributed by atoms with Gasteiger partial charge in [0.25, 0.3) is 0 Å². The lowest BCUT2D eigenvalue weighted by molar-refractivity contribution is 0.252. The third kappa shape index (κ3) is 3.48. The van der Waals surface area contributed by atoms with Crippen LogP contribution in [0.4, 0.5) is 0 Å². The first-order valence-corrected chi connectivity index (χ1v) is 6.25. The molecule has 0 radical (unpaired) electrons. The first-order valence-electron chi connectivity index (χ1n) is 5.88. The molecule has 0 aromatic heterocycles. The molecule has 88 valence electrons. The zero-order chi connectivity index (χ0) is 11.4. The van der Waals surface area contributed by atoms with Gasteiger partial charge in [0.1, 0.15) is 0 Å². The molecule has 0 aliphatic carbocycles. The van der Waals surface area contributed by atoms with E-state index in [9.17, 15) is 0 Å². The quantitative estimate of drug-likeness (QED) is 0.848. The summed E-state index contributed by atoms with van der Waals surface area (Å²) in [5.41, 5.74) is 1.29. The summed E-state index contributed by atoms with van der Waals surface area (Å²) in [6.07, 6.45) is 1.30. The van der Waals surface area contributed by atoms with E-state index in [2.05, 4.69) is 23.3 Å². The summed E-state index contributed by atoms with van der Waals surface area (Å²) in [5, 5.41) is 4.13. The van der Waals surface area contributed by atoms with Gasteiger partial charge in [-0.25, -0.2) is 0 Å². The Morgan fingerprint density at radius 2 is 2.25 bits per heavy atom. The molecule has 0 bridgehead atoms. The topological polar surface area (TPSA) is 15.3 Å². The SMILES string of the molecule is CN(CCC1CNC1)Cc1cccc(Cl)c1. The molecule has 1 aliphatic rings. The summed E-state index contributed by atoms with van der Waals surface area (Å²) in [6.45, 7) is 4.55. The van der Waals surface area contributed by atoms with Gasteiger partial charge in [0, 0.05) is 11.6 Å². The Bertz CT molecular complexity index is 336. The summed E-state index contributed by atoms with van der Waals surface area (Å²) in [7, 11) is 2.17. The van der Waals surface area contributed by atoms with Crippen molar-refractivity contribution in [3.63, 3.8) is 0 Å². The molecule has 0 unspecified atom stereocenters. The molecule has 0 atom stereocenters.